The van der Waals surface area contributed by atoms with E-state index in [0.717, 1.165) is 6.42 Å². The summed E-state index contributed by atoms with van der Waals surface area (Å²) in [6.07, 6.45) is 4.51. The lowest BCUT2D eigenvalue weighted by molar-refractivity contribution is 0.148. The molecule has 0 spiro atoms. The van der Waals surface area contributed by atoms with Crippen molar-refractivity contribution < 1.29 is 4.84 Å². The van der Waals surface area contributed by atoms with Gasteiger partial charge in [-0.2, -0.15) is 5.48 Å². The minimum atomic E-state index is 0.958. The van der Waals surface area contributed by atoms with E-state index in [1.807, 2.05) is 12.6 Å². The van der Waals surface area contributed by atoms with Crippen molar-refractivity contribution in [1.29, 1.82) is 0 Å². The number of hydrogen-bond donors (Lipinski definition) is 1. The van der Waals surface area contributed by atoms with Crippen molar-refractivity contribution in [3.05, 3.63) is 18.9 Å². The SMILES string of the molecule is [CH]1CC=CON1. The largest absolute Gasteiger partial charge is 0.417 e. The molecule has 0 aromatic rings. The maximum absolute atomic E-state index is 4.58. The van der Waals surface area contributed by atoms with E-state index in [4.69, 9.17) is 0 Å². The molecular formula is C4H6NO. The molecule has 33 valence electrons. The summed E-state index contributed by atoms with van der Waals surface area (Å²) >= 11 is 0. The third-order valence-electron chi connectivity index (χ3n) is 0.570. The van der Waals surface area contributed by atoms with E-state index < -0.39 is 0 Å². The van der Waals surface area contributed by atoms with Gasteiger partial charge in [0, 0.05) is 0 Å². The topological polar surface area (TPSA) is 21.3 Å². The fraction of sp³-hybridized carbons (Fsp3) is 0.250. The van der Waals surface area contributed by atoms with Crippen LogP contribution in [0.15, 0.2) is 12.3 Å². The van der Waals surface area contributed by atoms with Gasteiger partial charge in [0.25, 0.3) is 0 Å². The Morgan fingerprint density at radius 1 is 1.67 bits per heavy atom. The maximum atomic E-state index is 4.58. The highest BCUT2D eigenvalue weighted by atomic mass is 16.6. The number of nitrogens with one attached hydrogen (secondary N) is 1. The van der Waals surface area contributed by atoms with Crippen LogP contribution in [0.2, 0.25) is 0 Å². The van der Waals surface area contributed by atoms with Crippen LogP contribution < -0.4 is 5.48 Å². The zero-order valence-electron chi connectivity index (χ0n) is 3.35. The molecule has 2 heteroatoms. The van der Waals surface area contributed by atoms with Gasteiger partial charge in [-0.15, -0.1) is 0 Å². The molecule has 2 nitrogen and oxygen atoms in total. The smallest absolute Gasteiger partial charge is 0.107 e. The maximum Gasteiger partial charge on any atom is 0.107 e. The average molecular weight is 84.1 g/mol. The molecule has 0 unspecified atom stereocenters. The lowest BCUT2D eigenvalue weighted by atomic mass is 10.4. The minimum Gasteiger partial charge on any atom is -0.417 e. The van der Waals surface area contributed by atoms with Crippen LogP contribution >= 0.6 is 0 Å². The van der Waals surface area contributed by atoms with Crippen LogP contribution in [0, 0.1) is 6.54 Å². The third-order valence-corrected chi connectivity index (χ3v) is 0.570. The van der Waals surface area contributed by atoms with E-state index in [9.17, 15) is 0 Å². The van der Waals surface area contributed by atoms with E-state index in [0.29, 0.717) is 0 Å². The van der Waals surface area contributed by atoms with Crippen LogP contribution in [0.4, 0.5) is 0 Å². The first kappa shape index (κ1) is 3.68. The van der Waals surface area contributed by atoms with Crippen LogP contribution in [-0.2, 0) is 4.84 Å². The monoisotopic (exact) mass is 84.0 g/mol. The van der Waals surface area contributed by atoms with Crippen LogP contribution in [0.5, 0.6) is 0 Å². The van der Waals surface area contributed by atoms with Gasteiger partial charge in [0.2, 0.25) is 0 Å². The van der Waals surface area contributed by atoms with Crippen molar-refractivity contribution >= 4 is 0 Å². The molecule has 6 heavy (non-hydrogen) atoms. The molecule has 0 saturated heterocycles. The second-order valence-corrected chi connectivity index (χ2v) is 1.05. The lowest BCUT2D eigenvalue weighted by Gasteiger charge is -2.02. The predicted octanol–water partition coefficient (Wildman–Crippen LogP) is 0.587. The highest BCUT2D eigenvalue weighted by Gasteiger charge is 1.85. The number of hydrogen-bond acceptors (Lipinski definition) is 2. The molecule has 0 bridgehead atoms. The molecule has 1 aliphatic heterocycles. The summed E-state index contributed by atoms with van der Waals surface area (Å²) < 4.78 is 0. The Bertz CT molecular complexity index is 52.6. The second-order valence-electron chi connectivity index (χ2n) is 1.05. The summed E-state index contributed by atoms with van der Waals surface area (Å²) in [5.41, 5.74) is 2.57. The molecule has 1 aliphatic rings. The van der Waals surface area contributed by atoms with Gasteiger partial charge in [-0.1, -0.05) is 0 Å². The molecule has 0 aromatic heterocycles. The number of rotatable bonds is 0. The standard InChI is InChI=1S/C4H6NO/c1-2-4-6-5-3-1/h2-5H,1H2. The van der Waals surface area contributed by atoms with Gasteiger partial charge < -0.3 is 4.84 Å². The minimum absolute atomic E-state index is 0.958. The molecule has 0 atom stereocenters. The Morgan fingerprint density at radius 2 is 2.67 bits per heavy atom. The summed E-state index contributed by atoms with van der Waals surface area (Å²) in [7, 11) is 0. The quantitative estimate of drug-likeness (QED) is 0.463. The van der Waals surface area contributed by atoms with Crippen molar-refractivity contribution in [2.24, 2.45) is 0 Å². The molecule has 0 aromatic carbocycles. The van der Waals surface area contributed by atoms with Crippen molar-refractivity contribution in [3.63, 3.8) is 0 Å². The first-order valence-corrected chi connectivity index (χ1v) is 1.88. The Morgan fingerprint density at radius 3 is 2.83 bits per heavy atom. The highest BCUT2D eigenvalue weighted by Crippen LogP contribution is 1.90. The molecule has 1 rings (SSSR count). The average Bonchev–Trinajstić information content (AvgIpc) is 1.72. The predicted molar refractivity (Wildman–Crippen MR) is 22.3 cm³/mol. The van der Waals surface area contributed by atoms with Gasteiger partial charge in [-0.25, -0.2) is 0 Å². The van der Waals surface area contributed by atoms with Crippen molar-refractivity contribution in [2.45, 2.75) is 6.42 Å². The van der Waals surface area contributed by atoms with E-state index >= 15 is 0 Å². The van der Waals surface area contributed by atoms with E-state index in [-0.39, 0.29) is 0 Å². The summed E-state index contributed by atoms with van der Waals surface area (Å²) in [6.45, 7) is 1.83. The molecule has 0 aliphatic carbocycles. The zero-order valence-corrected chi connectivity index (χ0v) is 3.35. The van der Waals surface area contributed by atoms with E-state index in [2.05, 4.69) is 10.3 Å². The molecule has 1 radical (unpaired) electrons. The molecular weight excluding hydrogens is 78.0 g/mol. The molecule has 0 saturated carbocycles. The third kappa shape index (κ3) is 0.723. The molecule has 0 fully saturated rings. The Hall–Kier alpha value is -0.500. The Balaban J connectivity index is 2.26. The number of hydroxylamine groups is 1. The second kappa shape index (κ2) is 1.82. The summed E-state index contributed by atoms with van der Waals surface area (Å²) in [6, 6.07) is 0. The Kier molecular flexibility index (Phi) is 1.12. The van der Waals surface area contributed by atoms with Gasteiger partial charge in [0.15, 0.2) is 0 Å². The van der Waals surface area contributed by atoms with Gasteiger partial charge in [-0.05, 0) is 12.5 Å². The zero-order chi connectivity index (χ0) is 4.24. The van der Waals surface area contributed by atoms with Crippen LogP contribution in [0.25, 0.3) is 0 Å². The molecule has 1 heterocycles. The Labute approximate surface area is 36.8 Å². The fourth-order valence-corrected chi connectivity index (χ4v) is 0.307. The summed E-state index contributed by atoms with van der Waals surface area (Å²) in [4.78, 5) is 4.58. The van der Waals surface area contributed by atoms with Gasteiger partial charge in [0.05, 0.1) is 6.54 Å². The summed E-state index contributed by atoms with van der Waals surface area (Å²) in [5, 5.41) is 0. The molecule has 1 N–H and O–H groups in total. The molecule has 0 amide bonds. The van der Waals surface area contributed by atoms with E-state index in [1.165, 1.54) is 0 Å². The normalized spacial score (nSPS) is 20.0. The van der Waals surface area contributed by atoms with Crippen LogP contribution in [-0.4, -0.2) is 0 Å². The van der Waals surface area contributed by atoms with Gasteiger partial charge in [0.1, 0.15) is 6.26 Å². The van der Waals surface area contributed by atoms with Gasteiger partial charge in [-0.3, -0.25) is 0 Å². The summed E-state index contributed by atoms with van der Waals surface area (Å²) in [5.74, 6) is 0. The van der Waals surface area contributed by atoms with Crippen molar-refractivity contribution in [1.82, 2.24) is 5.48 Å². The highest BCUT2D eigenvalue weighted by molar-refractivity contribution is 4.82. The first-order valence-electron chi connectivity index (χ1n) is 1.88. The van der Waals surface area contributed by atoms with Crippen LogP contribution in [0.3, 0.4) is 0 Å². The van der Waals surface area contributed by atoms with Crippen LogP contribution in [0.1, 0.15) is 6.42 Å². The first-order chi connectivity index (χ1) is 3.00. The fourth-order valence-electron chi connectivity index (χ4n) is 0.307. The lowest BCUT2D eigenvalue weighted by Crippen LogP contribution is -2.08. The van der Waals surface area contributed by atoms with Crippen molar-refractivity contribution in [2.75, 3.05) is 0 Å². The van der Waals surface area contributed by atoms with E-state index in [1.54, 1.807) is 6.26 Å². The van der Waals surface area contributed by atoms with Gasteiger partial charge >= 0.3 is 0 Å². The van der Waals surface area contributed by atoms with Crippen molar-refractivity contribution in [3.8, 4) is 0 Å².